The number of anilines is 2. The lowest BCUT2D eigenvalue weighted by atomic mass is 10.2. The quantitative estimate of drug-likeness (QED) is 0.809. The van der Waals surface area contributed by atoms with E-state index >= 15 is 0 Å². The maximum Gasteiger partial charge on any atom is 0.243 e. The van der Waals surface area contributed by atoms with Gasteiger partial charge in [0.2, 0.25) is 15.9 Å². The summed E-state index contributed by atoms with van der Waals surface area (Å²) in [6, 6.07) is 9.33. The summed E-state index contributed by atoms with van der Waals surface area (Å²) >= 11 is 0. The van der Waals surface area contributed by atoms with E-state index in [1.54, 1.807) is 38.1 Å². The van der Waals surface area contributed by atoms with E-state index in [4.69, 9.17) is 0 Å². The number of rotatable bonds is 6. The third-order valence-corrected chi connectivity index (χ3v) is 5.75. The lowest BCUT2D eigenvalue weighted by molar-refractivity contribution is -0.114. The molecule has 0 aliphatic carbocycles. The molecule has 2 aromatic rings. The zero-order chi connectivity index (χ0) is 19.5. The van der Waals surface area contributed by atoms with Crippen LogP contribution in [0.1, 0.15) is 11.1 Å². The van der Waals surface area contributed by atoms with Crippen LogP contribution in [-0.4, -0.2) is 39.3 Å². The van der Waals surface area contributed by atoms with E-state index in [1.165, 1.54) is 26.2 Å². The largest absolute Gasteiger partial charge is 0.374 e. The molecule has 2 aromatic carbocycles. The molecule has 0 bridgehead atoms. The van der Waals surface area contributed by atoms with Gasteiger partial charge in [0.1, 0.15) is 5.82 Å². The molecular formula is C18H22FN3O3S. The highest BCUT2D eigenvalue weighted by Crippen LogP contribution is 2.22. The van der Waals surface area contributed by atoms with Gasteiger partial charge < -0.3 is 10.6 Å². The van der Waals surface area contributed by atoms with Crippen molar-refractivity contribution in [3.63, 3.8) is 0 Å². The highest BCUT2D eigenvalue weighted by atomic mass is 32.2. The van der Waals surface area contributed by atoms with Gasteiger partial charge in [0.05, 0.1) is 17.1 Å². The molecule has 26 heavy (non-hydrogen) atoms. The van der Waals surface area contributed by atoms with Gasteiger partial charge in [-0.05, 0) is 49.2 Å². The Balaban J connectivity index is 2.10. The number of aryl methyl sites for hydroxylation is 2. The van der Waals surface area contributed by atoms with Gasteiger partial charge in [0.15, 0.2) is 0 Å². The first kappa shape index (κ1) is 19.9. The highest BCUT2D eigenvalue weighted by Gasteiger charge is 2.20. The maximum absolute atomic E-state index is 13.8. The Kier molecular flexibility index (Phi) is 5.99. The third-order valence-electron chi connectivity index (χ3n) is 3.79. The number of nitrogens with one attached hydrogen (secondary N) is 2. The SMILES string of the molecule is Cc1ccc(NCC(=O)Nc2ccc(C)c(S(=O)(=O)N(C)C)c2)c(F)c1. The summed E-state index contributed by atoms with van der Waals surface area (Å²) in [5, 5.41) is 5.34. The van der Waals surface area contributed by atoms with E-state index in [0.29, 0.717) is 11.3 Å². The molecule has 0 aromatic heterocycles. The zero-order valence-corrected chi connectivity index (χ0v) is 15.9. The molecule has 2 N–H and O–H groups in total. The van der Waals surface area contributed by atoms with Crippen molar-refractivity contribution in [2.75, 3.05) is 31.3 Å². The summed E-state index contributed by atoms with van der Waals surface area (Å²) < 4.78 is 39.5. The van der Waals surface area contributed by atoms with Gasteiger partial charge in [-0.1, -0.05) is 12.1 Å². The molecule has 0 spiro atoms. The van der Waals surface area contributed by atoms with E-state index in [1.807, 2.05) is 0 Å². The second-order valence-electron chi connectivity index (χ2n) is 6.15. The van der Waals surface area contributed by atoms with Gasteiger partial charge in [0.25, 0.3) is 0 Å². The smallest absolute Gasteiger partial charge is 0.243 e. The standard InChI is InChI=1S/C18H22FN3O3S/c1-12-5-8-16(15(19)9-12)20-11-18(23)21-14-7-6-13(2)17(10-14)26(24,25)22(3)4/h5-10,20H,11H2,1-4H3,(H,21,23). The molecule has 0 unspecified atom stereocenters. The average molecular weight is 379 g/mol. The molecule has 0 fully saturated rings. The van der Waals surface area contributed by atoms with Gasteiger partial charge in [-0.3, -0.25) is 4.79 Å². The number of sulfonamides is 1. The predicted octanol–water partition coefficient (Wildman–Crippen LogP) is 2.74. The maximum atomic E-state index is 13.8. The predicted molar refractivity (Wildman–Crippen MR) is 100 cm³/mol. The number of amides is 1. The topological polar surface area (TPSA) is 78.5 Å². The summed E-state index contributed by atoms with van der Waals surface area (Å²) in [6.45, 7) is 3.31. The van der Waals surface area contributed by atoms with Crippen LogP contribution in [0.2, 0.25) is 0 Å². The van der Waals surface area contributed by atoms with Crippen LogP contribution < -0.4 is 10.6 Å². The number of nitrogens with zero attached hydrogens (tertiary/aromatic N) is 1. The number of carbonyl (C=O) groups excluding carboxylic acids is 1. The van der Waals surface area contributed by atoms with Crippen LogP contribution in [0, 0.1) is 19.7 Å². The Hall–Kier alpha value is -2.45. The first-order chi connectivity index (χ1) is 12.1. The molecule has 0 heterocycles. The minimum absolute atomic E-state index is 0.123. The first-order valence-corrected chi connectivity index (χ1v) is 9.38. The Labute approximate surface area is 153 Å². The second kappa shape index (κ2) is 7.84. The van der Waals surface area contributed by atoms with Crippen molar-refractivity contribution in [1.82, 2.24) is 4.31 Å². The average Bonchev–Trinajstić information content (AvgIpc) is 2.55. The molecule has 2 rings (SSSR count). The van der Waals surface area contributed by atoms with E-state index in [0.717, 1.165) is 9.87 Å². The molecule has 8 heteroatoms. The van der Waals surface area contributed by atoms with E-state index in [2.05, 4.69) is 10.6 Å². The van der Waals surface area contributed by atoms with Gasteiger partial charge in [-0.2, -0.15) is 0 Å². The minimum Gasteiger partial charge on any atom is -0.374 e. The van der Waals surface area contributed by atoms with Crippen molar-refractivity contribution in [2.45, 2.75) is 18.7 Å². The fraction of sp³-hybridized carbons (Fsp3) is 0.278. The first-order valence-electron chi connectivity index (χ1n) is 7.94. The second-order valence-corrected chi connectivity index (χ2v) is 8.27. The Bertz CT molecular complexity index is 927. The molecule has 0 aliphatic rings. The van der Waals surface area contributed by atoms with Gasteiger partial charge >= 0.3 is 0 Å². The molecule has 0 atom stereocenters. The Morgan fingerprint density at radius 1 is 1.12 bits per heavy atom. The van der Waals surface area contributed by atoms with Crippen molar-refractivity contribution >= 4 is 27.3 Å². The van der Waals surface area contributed by atoms with Crippen LogP contribution in [0.3, 0.4) is 0 Å². The summed E-state index contributed by atoms with van der Waals surface area (Å²) in [6.07, 6.45) is 0. The zero-order valence-electron chi connectivity index (χ0n) is 15.1. The monoisotopic (exact) mass is 379 g/mol. The molecule has 0 saturated heterocycles. The minimum atomic E-state index is -3.61. The number of hydrogen-bond acceptors (Lipinski definition) is 4. The summed E-state index contributed by atoms with van der Waals surface area (Å²) in [4.78, 5) is 12.2. The lowest BCUT2D eigenvalue weighted by Crippen LogP contribution is -2.24. The summed E-state index contributed by atoms with van der Waals surface area (Å²) in [5.74, 6) is -0.852. The molecule has 0 aliphatic heterocycles. The van der Waals surface area contributed by atoms with Crippen molar-refractivity contribution in [2.24, 2.45) is 0 Å². The fourth-order valence-corrected chi connectivity index (χ4v) is 3.44. The number of carbonyl (C=O) groups is 1. The van der Waals surface area contributed by atoms with Gasteiger partial charge in [0, 0.05) is 19.8 Å². The van der Waals surface area contributed by atoms with Gasteiger partial charge in [-0.25, -0.2) is 17.1 Å². The summed E-state index contributed by atoms with van der Waals surface area (Å²) in [7, 11) is -0.725. The molecule has 140 valence electrons. The van der Waals surface area contributed by atoms with Crippen LogP contribution in [-0.2, 0) is 14.8 Å². The van der Waals surface area contributed by atoms with Crippen molar-refractivity contribution in [3.8, 4) is 0 Å². The molecule has 0 radical (unpaired) electrons. The Morgan fingerprint density at radius 3 is 2.42 bits per heavy atom. The van der Waals surface area contributed by atoms with Crippen LogP contribution in [0.4, 0.5) is 15.8 Å². The van der Waals surface area contributed by atoms with Crippen molar-refractivity contribution < 1.29 is 17.6 Å². The molecule has 1 amide bonds. The van der Waals surface area contributed by atoms with Crippen LogP contribution in [0.25, 0.3) is 0 Å². The van der Waals surface area contributed by atoms with Crippen molar-refractivity contribution in [3.05, 3.63) is 53.3 Å². The van der Waals surface area contributed by atoms with Gasteiger partial charge in [-0.15, -0.1) is 0 Å². The molecule has 6 nitrogen and oxygen atoms in total. The third kappa shape index (κ3) is 4.59. The van der Waals surface area contributed by atoms with Crippen LogP contribution in [0.5, 0.6) is 0 Å². The Morgan fingerprint density at radius 2 is 1.81 bits per heavy atom. The fourth-order valence-electron chi connectivity index (χ4n) is 2.30. The van der Waals surface area contributed by atoms with Crippen molar-refractivity contribution in [1.29, 1.82) is 0 Å². The van der Waals surface area contributed by atoms with E-state index < -0.39 is 21.7 Å². The number of benzene rings is 2. The molecular weight excluding hydrogens is 357 g/mol. The van der Waals surface area contributed by atoms with Crippen LogP contribution in [0.15, 0.2) is 41.3 Å². The number of halogens is 1. The normalized spacial score (nSPS) is 11.5. The summed E-state index contributed by atoms with van der Waals surface area (Å²) in [5.41, 5.74) is 1.95. The van der Waals surface area contributed by atoms with Crippen LogP contribution >= 0.6 is 0 Å². The van der Waals surface area contributed by atoms with E-state index in [9.17, 15) is 17.6 Å². The van der Waals surface area contributed by atoms with E-state index in [-0.39, 0.29) is 17.1 Å². The molecule has 0 saturated carbocycles. The highest BCUT2D eigenvalue weighted by molar-refractivity contribution is 7.89. The lowest BCUT2D eigenvalue weighted by Gasteiger charge is -2.15. The number of hydrogen-bond donors (Lipinski definition) is 2.